The molecule has 8 heteroatoms. The summed E-state index contributed by atoms with van der Waals surface area (Å²) in [5, 5.41) is 9.74. The van der Waals surface area contributed by atoms with Crippen molar-refractivity contribution in [3.63, 3.8) is 0 Å². The van der Waals surface area contributed by atoms with Gasteiger partial charge in [-0.05, 0) is 55.7 Å². The van der Waals surface area contributed by atoms with Crippen LogP contribution >= 0.6 is 11.8 Å². The van der Waals surface area contributed by atoms with Gasteiger partial charge in [-0.2, -0.15) is 0 Å². The van der Waals surface area contributed by atoms with E-state index in [2.05, 4.69) is 31.8 Å². The van der Waals surface area contributed by atoms with Gasteiger partial charge in [0.25, 0.3) is 0 Å². The van der Waals surface area contributed by atoms with E-state index in [1.165, 1.54) is 35.7 Å². The molecule has 0 spiro atoms. The van der Waals surface area contributed by atoms with E-state index in [0.29, 0.717) is 19.0 Å². The lowest BCUT2D eigenvalue weighted by Crippen LogP contribution is -2.38. The first-order valence-electron chi connectivity index (χ1n) is 11.4. The van der Waals surface area contributed by atoms with Crippen molar-refractivity contribution in [2.75, 3.05) is 43.6 Å². The second-order valence-electron chi connectivity index (χ2n) is 8.53. The molecule has 0 saturated carbocycles. The van der Waals surface area contributed by atoms with Crippen molar-refractivity contribution >= 4 is 23.5 Å². The van der Waals surface area contributed by atoms with Crippen molar-refractivity contribution in [1.82, 2.24) is 14.8 Å². The molecule has 31 heavy (non-hydrogen) atoms. The van der Waals surface area contributed by atoms with Gasteiger partial charge in [0.15, 0.2) is 10.9 Å². The highest BCUT2D eigenvalue weighted by Gasteiger charge is 2.25. The minimum absolute atomic E-state index is 0.151. The van der Waals surface area contributed by atoms with Crippen molar-refractivity contribution in [2.24, 2.45) is 0 Å². The highest BCUT2D eigenvalue weighted by atomic mass is 32.2. The zero-order valence-corrected chi connectivity index (χ0v) is 18.7. The molecule has 1 atom stereocenters. The maximum atomic E-state index is 12.9. The number of Topliss-reactive ketones (excluding diaryl/α,β-unsaturated/α-hetero) is 1. The summed E-state index contributed by atoms with van der Waals surface area (Å²) in [5.74, 6) is 1.38. The van der Waals surface area contributed by atoms with Gasteiger partial charge in [-0.25, -0.2) is 0 Å². The summed E-state index contributed by atoms with van der Waals surface area (Å²) in [5.41, 5.74) is 3.56. The van der Waals surface area contributed by atoms with Gasteiger partial charge >= 0.3 is 0 Å². The molecule has 0 amide bonds. The number of fused-ring (bicyclic) bond motifs is 1. The minimum Gasteiger partial charge on any atom is -0.378 e. The van der Waals surface area contributed by atoms with E-state index < -0.39 is 0 Å². The Morgan fingerprint density at radius 1 is 1.06 bits per heavy atom. The second kappa shape index (κ2) is 9.71. The lowest BCUT2D eigenvalue weighted by Gasteiger charge is -2.28. The summed E-state index contributed by atoms with van der Waals surface area (Å²) in [6.07, 6.45) is 7.03. The molecule has 1 aromatic heterocycles. The molecule has 0 unspecified atom stereocenters. The van der Waals surface area contributed by atoms with Crippen LogP contribution in [0.15, 0.2) is 23.4 Å². The summed E-state index contributed by atoms with van der Waals surface area (Å²) < 4.78 is 13.5. The largest absolute Gasteiger partial charge is 0.378 e. The van der Waals surface area contributed by atoms with Gasteiger partial charge in [-0.3, -0.25) is 9.36 Å². The smallest absolute Gasteiger partial charge is 0.228 e. The third-order valence-electron chi connectivity index (χ3n) is 6.40. The van der Waals surface area contributed by atoms with E-state index in [9.17, 15) is 4.79 Å². The molecule has 166 valence electrons. The third kappa shape index (κ3) is 4.81. The highest BCUT2D eigenvalue weighted by Crippen LogP contribution is 2.27. The van der Waals surface area contributed by atoms with Gasteiger partial charge in [0, 0.05) is 25.3 Å². The van der Waals surface area contributed by atoms with E-state index in [4.69, 9.17) is 9.47 Å². The molecule has 3 aliphatic rings. The van der Waals surface area contributed by atoms with E-state index in [-0.39, 0.29) is 11.9 Å². The van der Waals surface area contributed by atoms with Crippen LogP contribution in [0.2, 0.25) is 0 Å². The van der Waals surface area contributed by atoms with Gasteiger partial charge in [-0.1, -0.05) is 23.9 Å². The fraction of sp³-hybridized carbons (Fsp3) is 0.609. The molecular weight excluding hydrogens is 412 g/mol. The zero-order valence-electron chi connectivity index (χ0n) is 17.9. The number of nitrogens with zero attached hydrogens (tertiary/aromatic N) is 4. The topological polar surface area (TPSA) is 69.5 Å². The van der Waals surface area contributed by atoms with Gasteiger partial charge in [0.1, 0.15) is 0 Å². The number of carbonyl (C=O) groups is 1. The summed E-state index contributed by atoms with van der Waals surface area (Å²) in [7, 11) is 0. The Bertz CT molecular complexity index is 920. The van der Waals surface area contributed by atoms with Crippen molar-refractivity contribution in [3.05, 3.63) is 34.9 Å². The Morgan fingerprint density at radius 2 is 1.90 bits per heavy atom. The van der Waals surface area contributed by atoms with Crippen LogP contribution in [0.5, 0.6) is 0 Å². The number of ether oxygens (including phenoxy) is 2. The maximum Gasteiger partial charge on any atom is 0.228 e. The molecule has 2 aromatic rings. The van der Waals surface area contributed by atoms with E-state index in [0.717, 1.165) is 68.6 Å². The number of rotatable bonds is 7. The van der Waals surface area contributed by atoms with Crippen LogP contribution in [-0.2, 0) is 28.9 Å². The van der Waals surface area contributed by atoms with E-state index >= 15 is 0 Å². The first kappa shape index (κ1) is 21.0. The molecule has 3 heterocycles. The quantitative estimate of drug-likeness (QED) is 0.482. The molecule has 1 aromatic carbocycles. The Kier molecular flexibility index (Phi) is 6.57. The first-order chi connectivity index (χ1) is 15.3. The molecule has 7 nitrogen and oxygen atoms in total. The zero-order chi connectivity index (χ0) is 21.0. The Hall–Kier alpha value is -1.90. The molecule has 0 radical (unpaired) electrons. The molecule has 0 bridgehead atoms. The van der Waals surface area contributed by atoms with Crippen molar-refractivity contribution in [2.45, 2.75) is 56.3 Å². The Morgan fingerprint density at radius 3 is 2.71 bits per heavy atom. The van der Waals surface area contributed by atoms with Crippen molar-refractivity contribution in [1.29, 1.82) is 0 Å². The summed E-state index contributed by atoms with van der Waals surface area (Å²) >= 11 is 1.48. The molecule has 2 aliphatic heterocycles. The summed E-state index contributed by atoms with van der Waals surface area (Å²) in [6.45, 7) is 4.57. The van der Waals surface area contributed by atoms with Gasteiger partial charge in [0.05, 0.1) is 31.6 Å². The normalized spacial score (nSPS) is 21.3. The van der Waals surface area contributed by atoms with Gasteiger partial charge < -0.3 is 14.4 Å². The predicted octanol–water partition coefficient (Wildman–Crippen LogP) is 3.15. The fourth-order valence-electron chi connectivity index (χ4n) is 4.66. The first-order valence-corrected chi connectivity index (χ1v) is 12.4. The lowest BCUT2D eigenvalue weighted by molar-refractivity contribution is 0.0942. The number of aromatic nitrogens is 3. The lowest BCUT2D eigenvalue weighted by atomic mass is 9.90. The highest BCUT2D eigenvalue weighted by molar-refractivity contribution is 7.99. The number of hydrogen-bond acceptors (Lipinski definition) is 7. The Balaban J connectivity index is 1.31. The van der Waals surface area contributed by atoms with Crippen LogP contribution in [0.4, 0.5) is 5.95 Å². The van der Waals surface area contributed by atoms with E-state index in [1.807, 2.05) is 6.07 Å². The number of morpholine rings is 1. The van der Waals surface area contributed by atoms with Crippen LogP contribution in [0.1, 0.15) is 47.2 Å². The predicted molar refractivity (Wildman–Crippen MR) is 120 cm³/mol. The average Bonchev–Trinajstić information content (AvgIpc) is 3.48. The number of benzene rings is 1. The van der Waals surface area contributed by atoms with Crippen molar-refractivity contribution < 1.29 is 14.3 Å². The molecule has 1 aliphatic carbocycles. The number of ketones is 1. The van der Waals surface area contributed by atoms with Crippen LogP contribution in [0.25, 0.3) is 0 Å². The van der Waals surface area contributed by atoms with E-state index in [1.54, 1.807) is 0 Å². The maximum absolute atomic E-state index is 12.9. The SMILES string of the molecule is O=C(CSc1nnc(N2CCOCC2)n1C[C@H]1CCCO1)c1ccc2c(c1)CCCC2. The molecule has 0 N–H and O–H groups in total. The van der Waals surface area contributed by atoms with Crippen LogP contribution in [0.3, 0.4) is 0 Å². The minimum atomic E-state index is 0.151. The van der Waals surface area contributed by atoms with Crippen LogP contribution in [-0.4, -0.2) is 65.3 Å². The Labute approximate surface area is 187 Å². The van der Waals surface area contributed by atoms with Crippen LogP contribution in [0, 0.1) is 0 Å². The number of anilines is 1. The fourth-order valence-corrected chi connectivity index (χ4v) is 5.49. The number of hydrogen-bond donors (Lipinski definition) is 0. The standard InChI is InChI=1S/C23H30N4O3S/c28-21(19-8-7-17-4-1-2-5-18(17)14-19)16-31-23-25-24-22(26-9-12-29-13-10-26)27(23)15-20-6-3-11-30-20/h7-8,14,20H,1-6,9-13,15-16H2/t20-/m1/s1. The molecule has 5 rings (SSSR count). The molecular formula is C23H30N4O3S. The van der Waals surface area contributed by atoms with Crippen LogP contribution < -0.4 is 4.90 Å². The molecule has 2 fully saturated rings. The number of thioether (sulfide) groups is 1. The molecule has 2 saturated heterocycles. The summed E-state index contributed by atoms with van der Waals surface area (Å²) in [4.78, 5) is 15.2. The number of carbonyl (C=O) groups excluding carboxylic acids is 1. The average molecular weight is 443 g/mol. The van der Waals surface area contributed by atoms with Crippen molar-refractivity contribution in [3.8, 4) is 0 Å². The monoisotopic (exact) mass is 442 g/mol. The summed E-state index contributed by atoms with van der Waals surface area (Å²) in [6, 6.07) is 6.24. The third-order valence-corrected chi connectivity index (χ3v) is 7.37. The van der Waals surface area contributed by atoms with Gasteiger partial charge in [-0.15, -0.1) is 10.2 Å². The van der Waals surface area contributed by atoms with Gasteiger partial charge in [0.2, 0.25) is 5.95 Å². The number of aryl methyl sites for hydroxylation is 2. The second-order valence-corrected chi connectivity index (χ2v) is 9.47.